The molecule has 0 aromatic heterocycles. The van der Waals surface area contributed by atoms with Gasteiger partial charge in [-0.15, -0.1) is 0 Å². The van der Waals surface area contributed by atoms with Crippen LogP contribution in [0.5, 0.6) is 0 Å². The van der Waals surface area contributed by atoms with E-state index in [1.807, 2.05) is 0 Å². The molecule has 2 aliphatic rings. The molecule has 1 aliphatic carbocycles. The largest absolute Gasteiger partial charge is 0.376 e. The lowest BCUT2D eigenvalue weighted by Crippen LogP contribution is -2.54. The molecular formula is C13H24BrNO. The van der Waals surface area contributed by atoms with E-state index in [1.54, 1.807) is 0 Å². The molecule has 2 fully saturated rings. The number of morpholine rings is 1. The molecule has 0 N–H and O–H groups in total. The predicted octanol–water partition coefficient (Wildman–Crippen LogP) is 3.05. The molecule has 3 heteroatoms. The molecule has 0 aromatic rings. The van der Waals surface area contributed by atoms with Gasteiger partial charge in [-0.25, -0.2) is 0 Å². The minimum Gasteiger partial charge on any atom is -0.376 e. The molecular weight excluding hydrogens is 266 g/mol. The average Bonchev–Trinajstić information content (AvgIpc) is 2.24. The first-order valence-corrected chi connectivity index (χ1v) is 7.73. The normalized spacial score (nSPS) is 34.7. The van der Waals surface area contributed by atoms with Crippen LogP contribution in [0.25, 0.3) is 0 Å². The van der Waals surface area contributed by atoms with Gasteiger partial charge < -0.3 is 4.74 Å². The zero-order chi connectivity index (χ0) is 11.6. The van der Waals surface area contributed by atoms with E-state index in [0.717, 1.165) is 13.2 Å². The van der Waals surface area contributed by atoms with Crippen molar-refractivity contribution in [3.8, 4) is 0 Å². The van der Waals surface area contributed by atoms with Crippen LogP contribution < -0.4 is 0 Å². The van der Waals surface area contributed by atoms with Crippen LogP contribution in [0.1, 0.15) is 39.5 Å². The fourth-order valence-corrected chi connectivity index (χ4v) is 3.66. The van der Waals surface area contributed by atoms with Crippen LogP contribution in [0.3, 0.4) is 0 Å². The topological polar surface area (TPSA) is 12.5 Å². The maximum atomic E-state index is 5.76. The summed E-state index contributed by atoms with van der Waals surface area (Å²) in [6, 6.07) is 0.646. The van der Waals surface area contributed by atoms with Crippen LogP contribution >= 0.6 is 15.9 Å². The van der Waals surface area contributed by atoms with Gasteiger partial charge in [-0.05, 0) is 31.6 Å². The van der Waals surface area contributed by atoms with Gasteiger partial charge in [0.25, 0.3) is 0 Å². The van der Waals surface area contributed by atoms with Crippen LogP contribution in [0.2, 0.25) is 0 Å². The van der Waals surface area contributed by atoms with Crippen molar-refractivity contribution in [2.24, 2.45) is 5.41 Å². The van der Waals surface area contributed by atoms with E-state index in [9.17, 15) is 0 Å². The highest BCUT2D eigenvalue weighted by Gasteiger charge is 2.39. The summed E-state index contributed by atoms with van der Waals surface area (Å²) in [4.78, 5) is 2.68. The molecule has 2 nitrogen and oxygen atoms in total. The van der Waals surface area contributed by atoms with E-state index in [1.165, 1.54) is 37.6 Å². The molecule has 0 bridgehead atoms. The number of halogens is 1. The fraction of sp³-hybridized carbons (Fsp3) is 1.00. The van der Waals surface area contributed by atoms with Gasteiger partial charge in [0.15, 0.2) is 0 Å². The summed E-state index contributed by atoms with van der Waals surface area (Å²) >= 11 is 3.71. The van der Waals surface area contributed by atoms with Crippen molar-refractivity contribution in [3.05, 3.63) is 0 Å². The van der Waals surface area contributed by atoms with E-state index in [4.69, 9.17) is 4.74 Å². The van der Waals surface area contributed by atoms with Crippen molar-refractivity contribution in [1.82, 2.24) is 4.90 Å². The van der Waals surface area contributed by atoms with Gasteiger partial charge in [0.1, 0.15) is 0 Å². The Morgan fingerprint density at radius 1 is 1.44 bits per heavy atom. The summed E-state index contributed by atoms with van der Waals surface area (Å²) in [7, 11) is 0. The minimum atomic E-state index is 0.412. The first-order chi connectivity index (χ1) is 7.69. The minimum absolute atomic E-state index is 0.412. The zero-order valence-corrected chi connectivity index (χ0v) is 12.1. The van der Waals surface area contributed by atoms with Gasteiger partial charge in [0.2, 0.25) is 0 Å². The second-order valence-corrected chi connectivity index (χ2v) is 6.18. The molecule has 2 atom stereocenters. The Hall–Kier alpha value is 0.400. The average molecular weight is 290 g/mol. The highest BCUT2D eigenvalue weighted by atomic mass is 79.9. The number of rotatable bonds is 4. The summed E-state index contributed by atoms with van der Waals surface area (Å²) in [5.41, 5.74) is 0.574. The van der Waals surface area contributed by atoms with E-state index in [2.05, 4.69) is 34.7 Å². The highest BCUT2D eigenvalue weighted by molar-refractivity contribution is 9.09. The maximum absolute atomic E-state index is 5.76. The lowest BCUT2D eigenvalue weighted by molar-refractivity contribution is -0.0750. The molecule has 16 heavy (non-hydrogen) atoms. The smallest absolute Gasteiger partial charge is 0.0674 e. The standard InChI is InChI=1S/C13H24BrNO/c1-3-12-8-16-11(2)7-15(12)10-13(9-14)5-4-6-13/h11-12H,3-10H2,1-2H3. The number of nitrogens with zero attached hydrogens (tertiary/aromatic N) is 1. The van der Waals surface area contributed by atoms with Gasteiger partial charge in [-0.3, -0.25) is 4.90 Å². The Kier molecular flexibility index (Phi) is 4.31. The fourth-order valence-electron chi connectivity index (χ4n) is 2.92. The van der Waals surface area contributed by atoms with Crippen LogP contribution in [0, 0.1) is 5.41 Å². The lowest BCUT2D eigenvalue weighted by Gasteiger charge is -2.48. The molecule has 0 aromatic carbocycles. The molecule has 0 amide bonds. The van der Waals surface area contributed by atoms with Gasteiger partial charge in [-0.2, -0.15) is 0 Å². The van der Waals surface area contributed by atoms with Gasteiger partial charge in [0.05, 0.1) is 12.7 Å². The Morgan fingerprint density at radius 2 is 2.19 bits per heavy atom. The van der Waals surface area contributed by atoms with Crippen LogP contribution in [-0.4, -0.2) is 42.1 Å². The Balaban J connectivity index is 1.94. The van der Waals surface area contributed by atoms with Crippen LogP contribution in [-0.2, 0) is 4.74 Å². The van der Waals surface area contributed by atoms with Gasteiger partial charge in [0, 0.05) is 24.5 Å². The van der Waals surface area contributed by atoms with Crippen LogP contribution in [0.4, 0.5) is 0 Å². The molecule has 1 saturated carbocycles. The van der Waals surface area contributed by atoms with Gasteiger partial charge >= 0.3 is 0 Å². The first-order valence-electron chi connectivity index (χ1n) is 6.61. The number of ether oxygens (including phenoxy) is 1. The van der Waals surface area contributed by atoms with Gasteiger partial charge in [-0.1, -0.05) is 29.3 Å². The summed E-state index contributed by atoms with van der Waals surface area (Å²) in [5.74, 6) is 0. The highest BCUT2D eigenvalue weighted by Crippen LogP contribution is 2.43. The van der Waals surface area contributed by atoms with Crippen molar-refractivity contribution in [2.45, 2.75) is 51.7 Å². The summed E-state index contributed by atoms with van der Waals surface area (Å²) in [6.07, 6.45) is 5.85. The van der Waals surface area contributed by atoms with E-state index in [-0.39, 0.29) is 0 Å². The van der Waals surface area contributed by atoms with Crippen molar-refractivity contribution >= 4 is 15.9 Å². The first kappa shape index (κ1) is 12.8. The molecule has 0 radical (unpaired) electrons. The molecule has 0 spiro atoms. The lowest BCUT2D eigenvalue weighted by atomic mass is 9.70. The number of hydrogen-bond donors (Lipinski definition) is 0. The Labute approximate surface area is 108 Å². The molecule has 1 heterocycles. The molecule has 2 rings (SSSR count). The van der Waals surface area contributed by atoms with E-state index < -0.39 is 0 Å². The van der Waals surface area contributed by atoms with Crippen molar-refractivity contribution < 1.29 is 4.74 Å². The van der Waals surface area contributed by atoms with Crippen molar-refractivity contribution in [3.63, 3.8) is 0 Å². The zero-order valence-electron chi connectivity index (χ0n) is 10.5. The molecule has 1 aliphatic heterocycles. The second kappa shape index (κ2) is 5.36. The second-order valence-electron chi connectivity index (χ2n) is 5.62. The van der Waals surface area contributed by atoms with E-state index in [0.29, 0.717) is 17.6 Å². The SMILES string of the molecule is CCC1COC(C)CN1CC1(CBr)CCC1. The summed E-state index contributed by atoms with van der Waals surface area (Å²) in [6.45, 7) is 7.78. The maximum Gasteiger partial charge on any atom is 0.0674 e. The monoisotopic (exact) mass is 289 g/mol. The third kappa shape index (κ3) is 2.62. The molecule has 94 valence electrons. The Morgan fingerprint density at radius 3 is 2.69 bits per heavy atom. The third-order valence-corrected chi connectivity index (χ3v) is 5.48. The quantitative estimate of drug-likeness (QED) is 0.738. The predicted molar refractivity (Wildman–Crippen MR) is 71.1 cm³/mol. The molecule has 2 unspecified atom stereocenters. The number of hydrogen-bond acceptors (Lipinski definition) is 2. The van der Waals surface area contributed by atoms with Crippen molar-refractivity contribution in [1.29, 1.82) is 0 Å². The van der Waals surface area contributed by atoms with Crippen molar-refractivity contribution in [2.75, 3.05) is 25.0 Å². The van der Waals surface area contributed by atoms with E-state index >= 15 is 0 Å². The Bertz CT molecular complexity index is 224. The molecule has 1 saturated heterocycles. The summed E-state index contributed by atoms with van der Waals surface area (Å²) < 4.78 is 5.76. The van der Waals surface area contributed by atoms with Crippen LogP contribution in [0.15, 0.2) is 0 Å². The third-order valence-electron chi connectivity index (χ3n) is 4.29. The summed E-state index contributed by atoms with van der Waals surface area (Å²) in [5, 5.41) is 1.17. The number of alkyl halides is 1.